The van der Waals surface area contributed by atoms with Crippen molar-refractivity contribution in [3.8, 4) is 5.75 Å². The molecule has 0 saturated carbocycles. The van der Waals surface area contributed by atoms with Gasteiger partial charge in [0.25, 0.3) is 0 Å². The fourth-order valence-electron chi connectivity index (χ4n) is 3.02. The third kappa shape index (κ3) is 3.53. The molecule has 5 heteroatoms. The summed E-state index contributed by atoms with van der Waals surface area (Å²) in [5.74, 6) is 0.434. The average Bonchev–Trinajstić information content (AvgIpc) is 2.67. The van der Waals surface area contributed by atoms with E-state index in [9.17, 15) is 9.59 Å². The van der Waals surface area contributed by atoms with Crippen LogP contribution in [0.25, 0.3) is 21.7 Å². The molecule has 4 rings (SSSR count). The molecule has 27 heavy (non-hydrogen) atoms. The smallest absolute Gasteiger partial charge is 0.344 e. The molecule has 0 atom stereocenters. The quantitative estimate of drug-likeness (QED) is 0.431. The molecule has 0 spiro atoms. The highest BCUT2D eigenvalue weighted by molar-refractivity contribution is 6.06. The predicted molar refractivity (Wildman–Crippen MR) is 105 cm³/mol. The largest absolute Gasteiger partial charge is 0.489 e. The summed E-state index contributed by atoms with van der Waals surface area (Å²) < 4.78 is 11.3. The first-order chi connectivity index (χ1) is 13.1. The van der Waals surface area contributed by atoms with E-state index in [1.807, 2.05) is 48.5 Å². The van der Waals surface area contributed by atoms with Crippen molar-refractivity contribution in [2.75, 3.05) is 5.32 Å². The molecular weight excluding hydrogens is 342 g/mol. The van der Waals surface area contributed by atoms with E-state index in [1.165, 1.54) is 6.92 Å². The maximum atomic E-state index is 12.4. The van der Waals surface area contributed by atoms with Crippen LogP contribution in [0, 0.1) is 0 Å². The van der Waals surface area contributed by atoms with Gasteiger partial charge in [0.1, 0.15) is 17.9 Å². The molecule has 5 nitrogen and oxygen atoms in total. The zero-order valence-electron chi connectivity index (χ0n) is 14.7. The van der Waals surface area contributed by atoms with E-state index in [1.54, 1.807) is 18.2 Å². The number of fused-ring (bicyclic) bond motifs is 3. The standard InChI is InChI=1S/C22H17NO4/c1-14(24)23-16-7-9-18-19-10-8-17(26-13-15-5-3-2-4-6-15)12-21(19)27-22(25)20(18)11-16/h2-12H,13H2,1H3,(H,23,24). The molecule has 4 aromatic rings. The predicted octanol–water partition coefficient (Wildman–Crippen LogP) is 4.48. The summed E-state index contributed by atoms with van der Waals surface area (Å²) in [6.07, 6.45) is 0. The molecule has 0 bridgehead atoms. The van der Waals surface area contributed by atoms with Crippen LogP contribution < -0.4 is 15.7 Å². The molecule has 0 saturated heterocycles. The van der Waals surface area contributed by atoms with E-state index in [-0.39, 0.29) is 5.91 Å². The molecule has 0 radical (unpaired) electrons. The summed E-state index contributed by atoms with van der Waals surface area (Å²) in [7, 11) is 0. The van der Waals surface area contributed by atoms with Gasteiger partial charge in [-0.1, -0.05) is 36.4 Å². The second-order valence-electron chi connectivity index (χ2n) is 6.26. The fourth-order valence-corrected chi connectivity index (χ4v) is 3.02. The van der Waals surface area contributed by atoms with Crippen molar-refractivity contribution in [2.24, 2.45) is 0 Å². The number of nitrogens with one attached hydrogen (secondary N) is 1. The van der Waals surface area contributed by atoms with Crippen LogP contribution in [0.3, 0.4) is 0 Å². The highest BCUT2D eigenvalue weighted by Gasteiger charge is 2.10. The molecule has 134 valence electrons. The van der Waals surface area contributed by atoms with E-state index >= 15 is 0 Å². The maximum Gasteiger partial charge on any atom is 0.344 e. The monoisotopic (exact) mass is 359 g/mol. The first kappa shape index (κ1) is 16.8. The molecule has 0 aliphatic rings. The van der Waals surface area contributed by atoms with Gasteiger partial charge in [-0.2, -0.15) is 0 Å². The van der Waals surface area contributed by atoms with Gasteiger partial charge >= 0.3 is 5.63 Å². The second-order valence-corrected chi connectivity index (χ2v) is 6.26. The van der Waals surface area contributed by atoms with Gasteiger partial charge in [-0.3, -0.25) is 4.79 Å². The SMILES string of the molecule is CC(=O)Nc1ccc2c(c1)c(=O)oc1cc(OCc3ccccc3)ccc12. The first-order valence-electron chi connectivity index (χ1n) is 8.55. The molecule has 0 aliphatic heterocycles. The van der Waals surface area contributed by atoms with Gasteiger partial charge in [0.15, 0.2) is 0 Å². The molecule has 0 unspecified atom stereocenters. The Morgan fingerprint density at radius 2 is 1.74 bits per heavy atom. The number of anilines is 1. The minimum Gasteiger partial charge on any atom is -0.489 e. The number of benzene rings is 3. The van der Waals surface area contributed by atoms with Crippen molar-refractivity contribution in [1.82, 2.24) is 0 Å². The van der Waals surface area contributed by atoms with Crippen LogP contribution >= 0.6 is 0 Å². The zero-order valence-corrected chi connectivity index (χ0v) is 14.7. The Morgan fingerprint density at radius 1 is 0.963 bits per heavy atom. The Labute approximate surface area is 155 Å². The average molecular weight is 359 g/mol. The number of rotatable bonds is 4. The number of carbonyl (C=O) groups is 1. The lowest BCUT2D eigenvalue weighted by Crippen LogP contribution is -2.07. The van der Waals surface area contributed by atoms with E-state index in [0.717, 1.165) is 16.3 Å². The van der Waals surface area contributed by atoms with Gasteiger partial charge in [-0.15, -0.1) is 0 Å². The topological polar surface area (TPSA) is 68.5 Å². The molecule has 1 amide bonds. The minimum atomic E-state index is -0.454. The summed E-state index contributed by atoms with van der Waals surface area (Å²) in [6, 6.07) is 20.5. The highest BCUT2D eigenvalue weighted by atomic mass is 16.5. The molecule has 3 aromatic carbocycles. The van der Waals surface area contributed by atoms with E-state index in [2.05, 4.69) is 5.32 Å². The number of hydrogen-bond donors (Lipinski definition) is 1. The maximum absolute atomic E-state index is 12.4. The van der Waals surface area contributed by atoms with Gasteiger partial charge < -0.3 is 14.5 Å². The summed E-state index contributed by atoms with van der Waals surface area (Å²) >= 11 is 0. The van der Waals surface area contributed by atoms with Crippen molar-refractivity contribution in [1.29, 1.82) is 0 Å². The van der Waals surface area contributed by atoms with Crippen LogP contribution in [0.5, 0.6) is 5.75 Å². The van der Waals surface area contributed by atoms with Crippen molar-refractivity contribution in [3.63, 3.8) is 0 Å². The molecule has 0 aliphatic carbocycles. The highest BCUT2D eigenvalue weighted by Crippen LogP contribution is 2.28. The van der Waals surface area contributed by atoms with Gasteiger partial charge in [0.2, 0.25) is 5.91 Å². The van der Waals surface area contributed by atoms with Crippen molar-refractivity contribution in [3.05, 3.63) is 82.7 Å². The normalized spacial score (nSPS) is 10.9. The van der Waals surface area contributed by atoms with Crippen LogP contribution in [0.4, 0.5) is 5.69 Å². The van der Waals surface area contributed by atoms with Crippen molar-refractivity contribution in [2.45, 2.75) is 13.5 Å². The van der Waals surface area contributed by atoms with Crippen LogP contribution in [0.1, 0.15) is 12.5 Å². The number of amides is 1. The lowest BCUT2D eigenvalue weighted by molar-refractivity contribution is -0.114. The third-order valence-corrected chi connectivity index (χ3v) is 4.25. The fraction of sp³-hybridized carbons (Fsp3) is 0.0909. The zero-order chi connectivity index (χ0) is 18.8. The van der Waals surface area contributed by atoms with Crippen molar-refractivity contribution < 1.29 is 13.9 Å². The van der Waals surface area contributed by atoms with Crippen LogP contribution in [-0.4, -0.2) is 5.91 Å². The van der Waals surface area contributed by atoms with Crippen LogP contribution in [0.2, 0.25) is 0 Å². The summed E-state index contributed by atoms with van der Waals surface area (Å²) in [5.41, 5.74) is 1.63. The van der Waals surface area contributed by atoms with Gasteiger partial charge in [-0.25, -0.2) is 4.79 Å². The molecule has 1 aromatic heterocycles. The third-order valence-electron chi connectivity index (χ3n) is 4.25. The Hall–Kier alpha value is -3.60. The summed E-state index contributed by atoms with van der Waals surface area (Å²) in [6.45, 7) is 1.86. The first-order valence-corrected chi connectivity index (χ1v) is 8.55. The lowest BCUT2D eigenvalue weighted by Gasteiger charge is -2.09. The van der Waals surface area contributed by atoms with Gasteiger partial charge in [-0.05, 0) is 29.8 Å². The second kappa shape index (κ2) is 6.96. The van der Waals surface area contributed by atoms with E-state index in [0.29, 0.717) is 29.0 Å². The molecule has 1 N–H and O–H groups in total. The van der Waals surface area contributed by atoms with E-state index < -0.39 is 5.63 Å². The summed E-state index contributed by atoms with van der Waals surface area (Å²) in [4.78, 5) is 23.6. The Balaban J connectivity index is 1.71. The lowest BCUT2D eigenvalue weighted by atomic mass is 10.1. The minimum absolute atomic E-state index is 0.195. The Kier molecular flexibility index (Phi) is 4.34. The van der Waals surface area contributed by atoms with E-state index in [4.69, 9.17) is 9.15 Å². The van der Waals surface area contributed by atoms with Crippen molar-refractivity contribution >= 4 is 33.3 Å². The molecule has 0 fully saturated rings. The summed E-state index contributed by atoms with van der Waals surface area (Å²) in [5, 5.41) is 4.68. The molecule has 1 heterocycles. The number of ether oxygens (including phenoxy) is 1. The van der Waals surface area contributed by atoms with Gasteiger partial charge in [0.05, 0.1) is 5.39 Å². The number of carbonyl (C=O) groups excluding carboxylic acids is 1. The Morgan fingerprint density at radius 3 is 2.52 bits per heavy atom. The van der Waals surface area contributed by atoms with Crippen LogP contribution in [0.15, 0.2) is 75.9 Å². The number of hydrogen-bond acceptors (Lipinski definition) is 4. The molecular formula is C22H17NO4. The van der Waals surface area contributed by atoms with Crippen LogP contribution in [-0.2, 0) is 11.4 Å². The Bertz CT molecular complexity index is 1200. The van der Waals surface area contributed by atoms with Gasteiger partial charge in [0, 0.05) is 29.4 Å².